The summed E-state index contributed by atoms with van der Waals surface area (Å²) in [6.07, 6.45) is -9.84. The largest absolute Gasteiger partial charge is 0.493 e. The molecule has 4 rings (SSSR count). The van der Waals surface area contributed by atoms with Crippen molar-refractivity contribution in [2.24, 2.45) is 0 Å². The molecule has 2 heterocycles. The van der Waals surface area contributed by atoms with Crippen molar-refractivity contribution in [2.75, 3.05) is 23.7 Å². The molecule has 0 aliphatic rings. The fourth-order valence-corrected chi connectivity index (χ4v) is 4.57. The van der Waals surface area contributed by atoms with E-state index < -0.39 is 52.6 Å². The highest BCUT2D eigenvalue weighted by Gasteiger charge is 2.45. The van der Waals surface area contributed by atoms with Gasteiger partial charge >= 0.3 is 30.0 Å². The standard InChI is InChI=1S/C30H30F6N6O6/c1-7-41(8-2)13-18-11-20(39-24-16(5)12-37-27(40-24)38-19-9-14(3)17(6)15(4)10-19)23(46-25(43)29(31,32)33)21-22(18)47-28(45)42(21)48-26(44)30(34,35)36/h9-12H,7-8,13H2,1-6H3,(H2,37,38,39,40). The topological polar surface area (TPSA) is 141 Å². The Balaban J connectivity index is 1.95. The number of oxazole rings is 1. The summed E-state index contributed by atoms with van der Waals surface area (Å²) in [6.45, 7) is 11.7. The van der Waals surface area contributed by atoms with E-state index >= 15 is 0 Å². The van der Waals surface area contributed by atoms with Crippen molar-refractivity contribution in [3.63, 3.8) is 0 Å². The van der Waals surface area contributed by atoms with Crippen LogP contribution >= 0.6 is 0 Å². The van der Waals surface area contributed by atoms with E-state index in [-0.39, 0.29) is 28.6 Å². The molecule has 0 radical (unpaired) electrons. The molecule has 0 amide bonds. The maximum Gasteiger partial charge on any atom is 0.493 e. The van der Waals surface area contributed by atoms with Gasteiger partial charge in [0.2, 0.25) is 5.95 Å². The zero-order valence-electron chi connectivity index (χ0n) is 26.4. The lowest BCUT2D eigenvalue weighted by atomic mass is 10.0. The Kier molecular flexibility index (Phi) is 10.1. The van der Waals surface area contributed by atoms with Gasteiger partial charge in [-0.1, -0.05) is 18.6 Å². The van der Waals surface area contributed by atoms with Crippen molar-refractivity contribution < 1.29 is 49.9 Å². The van der Waals surface area contributed by atoms with Gasteiger partial charge in [-0.2, -0.15) is 31.3 Å². The number of carbonyl (C=O) groups excluding carboxylic acids is 2. The molecular formula is C30H30F6N6O6. The second kappa shape index (κ2) is 13.5. The van der Waals surface area contributed by atoms with E-state index in [1.807, 2.05) is 32.9 Å². The van der Waals surface area contributed by atoms with Crippen LogP contribution in [0.3, 0.4) is 0 Å². The van der Waals surface area contributed by atoms with Crippen LogP contribution in [0, 0.1) is 27.7 Å². The lowest BCUT2D eigenvalue weighted by Crippen LogP contribution is -2.37. The molecule has 0 spiro atoms. The number of fused-ring (bicyclic) bond motifs is 1. The minimum absolute atomic E-state index is 0.0322. The molecule has 0 unspecified atom stereocenters. The van der Waals surface area contributed by atoms with Crippen LogP contribution in [0.15, 0.2) is 33.6 Å². The summed E-state index contributed by atoms with van der Waals surface area (Å²) in [5.74, 6) is -8.52. The summed E-state index contributed by atoms with van der Waals surface area (Å²) in [6, 6.07) is 4.88. The van der Waals surface area contributed by atoms with Gasteiger partial charge in [-0.05, 0) is 75.7 Å². The van der Waals surface area contributed by atoms with E-state index in [0.29, 0.717) is 24.3 Å². The Morgan fingerprint density at radius 3 is 2.08 bits per heavy atom. The first-order valence-electron chi connectivity index (χ1n) is 14.3. The van der Waals surface area contributed by atoms with Crippen molar-refractivity contribution in [3.8, 4) is 5.75 Å². The van der Waals surface area contributed by atoms with Crippen LogP contribution in [-0.4, -0.2) is 57.0 Å². The number of nitrogens with zero attached hydrogens (tertiary/aromatic N) is 4. The van der Waals surface area contributed by atoms with E-state index in [9.17, 15) is 40.7 Å². The maximum absolute atomic E-state index is 13.5. The van der Waals surface area contributed by atoms with Crippen molar-refractivity contribution in [2.45, 2.75) is 60.4 Å². The molecule has 0 atom stereocenters. The average Bonchev–Trinajstić information content (AvgIpc) is 3.32. The number of nitrogens with one attached hydrogen (secondary N) is 2. The number of aromatic nitrogens is 3. The number of alkyl halides is 6. The zero-order chi connectivity index (χ0) is 35.7. The van der Waals surface area contributed by atoms with Crippen LogP contribution in [0.4, 0.5) is 49.5 Å². The molecule has 0 saturated carbocycles. The van der Waals surface area contributed by atoms with E-state index in [1.165, 1.54) is 12.3 Å². The molecule has 2 aromatic carbocycles. The van der Waals surface area contributed by atoms with Gasteiger partial charge in [0, 0.05) is 29.6 Å². The highest BCUT2D eigenvalue weighted by atomic mass is 19.4. The van der Waals surface area contributed by atoms with E-state index in [2.05, 4.69) is 30.2 Å². The van der Waals surface area contributed by atoms with Crippen molar-refractivity contribution >= 4 is 46.2 Å². The Labute approximate surface area is 268 Å². The van der Waals surface area contributed by atoms with Crippen molar-refractivity contribution in [1.29, 1.82) is 0 Å². The Morgan fingerprint density at radius 2 is 1.52 bits per heavy atom. The monoisotopic (exact) mass is 684 g/mol. The molecule has 12 nitrogen and oxygen atoms in total. The Hall–Kier alpha value is -5.13. The SMILES string of the molecule is CCN(CC)Cc1cc(Nc2nc(Nc3cc(C)c(C)c(C)c3)ncc2C)c(OC(=O)C(F)(F)F)c2c1oc(=O)n2OC(=O)C(F)(F)F. The third-order valence-corrected chi connectivity index (χ3v) is 7.37. The maximum atomic E-state index is 13.5. The average molecular weight is 685 g/mol. The van der Waals surface area contributed by atoms with Gasteiger partial charge in [-0.15, -0.1) is 0 Å². The predicted octanol–water partition coefficient (Wildman–Crippen LogP) is 5.93. The zero-order valence-corrected chi connectivity index (χ0v) is 26.4. The highest BCUT2D eigenvalue weighted by Crippen LogP contribution is 2.40. The number of carbonyl (C=O) groups is 2. The summed E-state index contributed by atoms with van der Waals surface area (Å²) >= 11 is 0. The normalized spacial score (nSPS) is 12.0. The van der Waals surface area contributed by atoms with Gasteiger partial charge in [-0.25, -0.2) is 19.4 Å². The molecule has 0 aliphatic heterocycles. The van der Waals surface area contributed by atoms with Gasteiger partial charge in [-0.3, -0.25) is 4.90 Å². The second-order valence-corrected chi connectivity index (χ2v) is 10.7. The smallest absolute Gasteiger partial charge is 0.415 e. The van der Waals surface area contributed by atoms with Crippen LogP contribution in [0.5, 0.6) is 5.75 Å². The molecule has 0 bridgehead atoms. The van der Waals surface area contributed by atoms with E-state index in [4.69, 9.17) is 4.42 Å². The fourth-order valence-electron chi connectivity index (χ4n) is 4.57. The third-order valence-electron chi connectivity index (χ3n) is 7.37. The minimum Gasteiger partial charge on any atom is -0.415 e. The number of hydrogen-bond acceptors (Lipinski definition) is 11. The first-order valence-corrected chi connectivity index (χ1v) is 14.3. The molecule has 2 aromatic heterocycles. The summed E-state index contributed by atoms with van der Waals surface area (Å²) in [5, 5.41) is 5.78. The molecule has 0 aliphatic carbocycles. The molecule has 18 heteroatoms. The Bertz CT molecular complexity index is 1910. The summed E-state index contributed by atoms with van der Waals surface area (Å²) in [5.41, 5.74) is 2.00. The Morgan fingerprint density at radius 1 is 0.917 bits per heavy atom. The molecule has 2 N–H and O–H groups in total. The van der Waals surface area contributed by atoms with Gasteiger partial charge in [0.05, 0.1) is 5.69 Å². The number of anilines is 4. The van der Waals surface area contributed by atoms with Gasteiger partial charge in [0.15, 0.2) is 16.8 Å². The molecule has 0 fully saturated rings. The lowest BCUT2D eigenvalue weighted by molar-refractivity contribution is -0.200. The van der Waals surface area contributed by atoms with Gasteiger partial charge in [0.1, 0.15) is 5.82 Å². The van der Waals surface area contributed by atoms with Crippen molar-refractivity contribution in [1.82, 2.24) is 19.6 Å². The first kappa shape index (κ1) is 35.7. The molecular weight excluding hydrogens is 654 g/mol. The van der Waals surface area contributed by atoms with E-state index in [0.717, 1.165) is 16.7 Å². The van der Waals surface area contributed by atoms with Crippen molar-refractivity contribution in [3.05, 3.63) is 62.8 Å². The van der Waals surface area contributed by atoms with Gasteiger partial charge < -0.3 is 24.6 Å². The second-order valence-electron chi connectivity index (χ2n) is 10.7. The quantitative estimate of drug-likeness (QED) is 0.117. The molecule has 258 valence electrons. The molecule has 0 saturated heterocycles. The van der Waals surface area contributed by atoms with Gasteiger partial charge in [0.25, 0.3) is 0 Å². The number of halogens is 6. The van der Waals surface area contributed by atoms with E-state index in [1.54, 1.807) is 25.7 Å². The highest BCUT2D eigenvalue weighted by molar-refractivity contribution is 5.94. The minimum atomic E-state index is -5.62. The summed E-state index contributed by atoms with van der Waals surface area (Å²) < 4.78 is 89.3. The summed E-state index contributed by atoms with van der Waals surface area (Å²) in [7, 11) is 0. The van der Waals surface area contributed by atoms with Crippen LogP contribution in [0.2, 0.25) is 0 Å². The number of hydrogen-bond donors (Lipinski definition) is 2. The van der Waals surface area contributed by atoms with Crippen LogP contribution in [-0.2, 0) is 16.1 Å². The summed E-state index contributed by atoms with van der Waals surface area (Å²) in [4.78, 5) is 51.3. The number of esters is 1. The lowest BCUT2D eigenvalue weighted by Gasteiger charge is -2.21. The number of rotatable bonds is 10. The number of ether oxygens (including phenoxy) is 1. The van der Waals surface area contributed by atoms with Crippen LogP contribution < -0.4 is 26.0 Å². The molecule has 48 heavy (non-hydrogen) atoms. The predicted molar refractivity (Wildman–Crippen MR) is 160 cm³/mol. The fraction of sp³-hybridized carbons (Fsp3) is 0.367. The third kappa shape index (κ3) is 7.70. The van der Waals surface area contributed by atoms with Crippen LogP contribution in [0.25, 0.3) is 11.1 Å². The number of benzene rings is 2. The van der Waals surface area contributed by atoms with Crippen LogP contribution in [0.1, 0.15) is 41.7 Å². The first-order chi connectivity index (χ1) is 22.3. The molecule has 4 aromatic rings. The number of aryl methyl sites for hydroxylation is 3.